The van der Waals surface area contributed by atoms with E-state index in [-0.39, 0.29) is 42.9 Å². The Hall–Kier alpha value is -1.55. The number of carbonyl (C=O) groups is 2. The maximum absolute atomic E-state index is 13.3. The summed E-state index contributed by atoms with van der Waals surface area (Å²) >= 11 is 0. The molecule has 0 spiro atoms. The maximum atomic E-state index is 13.3. The van der Waals surface area contributed by atoms with Gasteiger partial charge in [-0.15, -0.1) is 0 Å². The molecular weight excluding hydrogens is 790 g/mol. The molecule has 0 saturated heterocycles. The normalized spacial score (nSPS) is 14.2. The Morgan fingerprint density at radius 2 is 0.918 bits per heavy atom. The molecule has 0 aromatic rings. The summed E-state index contributed by atoms with van der Waals surface area (Å²) in [6, 6.07) is 0. The number of quaternary nitrogens is 1. The monoisotopic (exact) mass is 887 g/mol. The van der Waals surface area contributed by atoms with Crippen LogP contribution >= 0.6 is 7.60 Å². The predicted molar refractivity (Wildman–Crippen MR) is 253 cm³/mol. The average molecular weight is 887 g/mol. The molecule has 0 aromatic carbocycles. The smallest absolute Gasteiger partial charge is 0.384 e. The van der Waals surface area contributed by atoms with Crippen molar-refractivity contribution in [2.45, 2.75) is 251 Å². The highest BCUT2D eigenvalue weighted by Gasteiger charge is 2.42. The predicted octanol–water partition coefficient (Wildman–Crippen LogP) is 13.4. The van der Waals surface area contributed by atoms with Crippen molar-refractivity contribution in [3.05, 3.63) is 24.3 Å². The molecule has 0 fully saturated rings. The van der Waals surface area contributed by atoms with Crippen LogP contribution in [0.1, 0.15) is 233 Å². The van der Waals surface area contributed by atoms with E-state index in [1.165, 1.54) is 128 Å². The van der Waals surface area contributed by atoms with Gasteiger partial charge in [-0.05, 0) is 71.1 Å². The highest BCUT2D eigenvalue weighted by atomic mass is 31.2. The molecule has 0 amide bonds. The number of hydrogen-bond acceptors (Lipinski definition) is 8. The van der Waals surface area contributed by atoms with Crippen LogP contribution in [-0.4, -0.2) is 83.6 Å². The number of unbranched alkanes of at least 4 members (excludes halogenated alkanes) is 26. The lowest BCUT2D eigenvalue weighted by molar-refractivity contribution is -0.901. The Balaban J connectivity index is 4.54. The minimum Gasteiger partial charge on any atom is -0.462 e. The van der Waals surface area contributed by atoms with Gasteiger partial charge >= 0.3 is 19.5 Å². The van der Waals surface area contributed by atoms with E-state index in [1.54, 1.807) is 21.0 Å². The number of ether oxygens (including phenoxy) is 2. The molecule has 3 N–H and O–H groups in total. The second-order valence-corrected chi connectivity index (χ2v) is 20.3. The minimum absolute atomic E-state index is 0.0123. The van der Waals surface area contributed by atoms with Crippen molar-refractivity contribution in [2.24, 2.45) is 0 Å². The summed E-state index contributed by atoms with van der Waals surface area (Å²) < 4.78 is 30.0. The van der Waals surface area contributed by atoms with Crippen LogP contribution in [-0.2, 0) is 28.2 Å². The lowest BCUT2D eigenvalue weighted by Gasteiger charge is -2.37. The SMILES string of the molecule is CCCCC/C=C\CCCC/C=C\CCCCCCCCC(=O)O[C@H](COC(=O)CCCCCCCCCCCCCCCCC)COP(=O)(O)C(C)[N+](C)(C)CCC(O)O. The zero-order chi connectivity index (χ0) is 45.3. The third kappa shape index (κ3) is 38.6. The zero-order valence-corrected chi connectivity index (χ0v) is 41.1. The molecule has 0 radical (unpaired) electrons. The number of carbonyl (C=O) groups excluding carboxylic acids is 2. The number of esters is 2. The molecule has 0 heterocycles. The summed E-state index contributed by atoms with van der Waals surface area (Å²) in [6.45, 7) is 5.65. The molecule has 0 aliphatic rings. The van der Waals surface area contributed by atoms with Crippen LogP contribution in [0.3, 0.4) is 0 Å². The summed E-state index contributed by atoms with van der Waals surface area (Å²) in [4.78, 5) is 36.4. The van der Waals surface area contributed by atoms with Gasteiger partial charge in [0.15, 0.2) is 18.2 Å². The number of aliphatic hydroxyl groups is 2. The summed E-state index contributed by atoms with van der Waals surface area (Å²) in [5, 5.41) is 18.6. The highest BCUT2D eigenvalue weighted by molar-refractivity contribution is 7.53. The first-order valence-electron chi connectivity index (χ1n) is 25.2. The summed E-state index contributed by atoms with van der Waals surface area (Å²) in [7, 11) is -0.814. The molecule has 10 nitrogen and oxygen atoms in total. The van der Waals surface area contributed by atoms with Crippen LogP contribution in [0, 0.1) is 0 Å². The van der Waals surface area contributed by atoms with E-state index in [1.807, 2.05) is 0 Å². The Morgan fingerprint density at radius 1 is 0.557 bits per heavy atom. The molecule has 3 atom stereocenters. The topological polar surface area (TPSA) is 140 Å². The number of allylic oxidation sites excluding steroid dienone is 4. The first-order chi connectivity index (χ1) is 29.4. The molecule has 0 rings (SSSR count). The van der Waals surface area contributed by atoms with E-state index in [0.717, 1.165) is 57.8 Å². The molecule has 0 saturated carbocycles. The van der Waals surface area contributed by atoms with E-state index in [4.69, 9.17) is 14.0 Å². The zero-order valence-electron chi connectivity index (χ0n) is 40.2. The van der Waals surface area contributed by atoms with Crippen molar-refractivity contribution in [3.63, 3.8) is 0 Å². The van der Waals surface area contributed by atoms with Gasteiger partial charge in [-0.2, -0.15) is 0 Å². The highest BCUT2D eigenvalue weighted by Crippen LogP contribution is 2.50. The van der Waals surface area contributed by atoms with E-state index < -0.39 is 38.3 Å². The fourth-order valence-corrected chi connectivity index (χ4v) is 8.84. The third-order valence-electron chi connectivity index (χ3n) is 11.9. The quantitative estimate of drug-likeness (QED) is 0.0136. The fraction of sp³-hybridized carbons (Fsp3) is 0.880. The van der Waals surface area contributed by atoms with Crippen LogP contribution in [0.4, 0.5) is 0 Å². The van der Waals surface area contributed by atoms with Gasteiger partial charge in [0.2, 0.25) is 0 Å². The van der Waals surface area contributed by atoms with Crippen LogP contribution in [0.25, 0.3) is 0 Å². The van der Waals surface area contributed by atoms with Crippen molar-refractivity contribution in [1.29, 1.82) is 0 Å². The molecule has 61 heavy (non-hydrogen) atoms. The first kappa shape index (κ1) is 59.5. The van der Waals surface area contributed by atoms with Crippen molar-refractivity contribution < 1.29 is 47.7 Å². The number of nitrogens with zero attached hydrogens (tertiary/aromatic N) is 1. The molecule has 11 heteroatoms. The molecule has 0 aromatic heterocycles. The van der Waals surface area contributed by atoms with Crippen molar-refractivity contribution in [3.8, 4) is 0 Å². The van der Waals surface area contributed by atoms with E-state index in [2.05, 4.69) is 38.2 Å². The summed E-state index contributed by atoms with van der Waals surface area (Å²) in [5.74, 6) is -1.73. The van der Waals surface area contributed by atoms with E-state index in [0.29, 0.717) is 6.42 Å². The Bertz CT molecular complexity index is 1130. The second-order valence-electron chi connectivity index (χ2n) is 18.1. The standard InChI is InChI=1S/C50H96NO9P/c1-6-8-10-12-14-16-18-20-22-23-24-25-27-29-31-33-35-37-39-41-50(55)60-47(45-59-61(56,57)46(3)51(4,5)43-42-48(52)53)44-58-49(54)40-38-36-34-32-30-28-26-21-19-17-15-13-11-9-7-2/h14,16,24-25,46-48,52-53H,6-13,15,17-23,26-45H2,1-5H3/p+1/b16-14-,25-24-/t46?,47-/m1/s1. The van der Waals surface area contributed by atoms with Crippen LogP contribution in [0.15, 0.2) is 24.3 Å². The molecule has 0 aliphatic carbocycles. The van der Waals surface area contributed by atoms with Gasteiger partial charge in [0.05, 0.1) is 27.2 Å². The molecular formula is C50H97NO9P+. The largest absolute Gasteiger partial charge is 0.462 e. The minimum atomic E-state index is -4.24. The lowest BCUT2D eigenvalue weighted by atomic mass is 10.0. The van der Waals surface area contributed by atoms with Gasteiger partial charge in [0.25, 0.3) is 0 Å². The van der Waals surface area contributed by atoms with Crippen molar-refractivity contribution in [1.82, 2.24) is 0 Å². The Labute approximate surface area is 375 Å². The number of rotatable bonds is 45. The van der Waals surface area contributed by atoms with Gasteiger partial charge in [0, 0.05) is 19.3 Å². The van der Waals surface area contributed by atoms with Crippen LogP contribution in [0.5, 0.6) is 0 Å². The Kier molecular flexibility index (Phi) is 40.1. The maximum Gasteiger partial charge on any atom is 0.384 e. The van der Waals surface area contributed by atoms with Gasteiger partial charge in [-0.3, -0.25) is 14.2 Å². The molecule has 0 bridgehead atoms. The molecule has 0 aliphatic heterocycles. The van der Waals surface area contributed by atoms with E-state index in [9.17, 15) is 29.3 Å². The van der Waals surface area contributed by atoms with Crippen molar-refractivity contribution >= 4 is 19.5 Å². The van der Waals surface area contributed by atoms with Gasteiger partial charge in [-0.25, -0.2) is 0 Å². The second kappa shape index (κ2) is 41.2. The Morgan fingerprint density at radius 3 is 1.36 bits per heavy atom. The lowest BCUT2D eigenvalue weighted by Crippen LogP contribution is -2.49. The summed E-state index contributed by atoms with van der Waals surface area (Å²) in [6.07, 6.45) is 43.1. The third-order valence-corrected chi connectivity index (χ3v) is 14.0. The molecule has 2 unspecified atom stereocenters. The average Bonchev–Trinajstić information content (AvgIpc) is 3.23. The number of aliphatic hydroxyl groups excluding tert-OH is 1. The van der Waals surface area contributed by atoms with Crippen LogP contribution in [0.2, 0.25) is 0 Å². The molecule has 360 valence electrons. The van der Waals surface area contributed by atoms with Crippen LogP contribution < -0.4 is 0 Å². The van der Waals surface area contributed by atoms with Gasteiger partial charge < -0.3 is 33.6 Å². The van der Waals surface area contributed by atoms with Gasteiger partial charge in [-0.1, -0.05) is 167 Å². The van der Waals surface area contributed by atoms with E-state index >= 15 is 0 Å². The van der Waals surface area contributed by atoms with Crippen molar-refractivity contribution in [2.75, 3.05) is 33.9 Å². The fourth-order valence-electron chi connectivity index (χ4n) is 7.33. The first-order valence-corrected chi connectivity index (χ1v) is 26.8. The summed E-state index contributed by atoms with van der Waals surface area (Å²) in [5.41, 5.74) is 0. The number of hydrogen-bond donors (Lipinski definition) is 3. The van der Waals surface area contributed by atoms with Gasteiger partial charge in [0.1, 0.15) is 6.61 Å².